The van der Waals surface area contributed by atoms with E-state index in [9.17, 15) is 9.59 Å². The van der Waals surface area contributed by atoms with E-state index in [1.807, 2.05) is 6.92 Å². The van der Waals surface area contributed by atoms with Gasteiger partial charge in [0.2, 0.25) is 0 Å². The van der Waals surface area contributed by atoms with E-state index in [-0.39, 0.29) is 12.5 Å². The lowest BCUT2D eigenvalue weighted by Gasteiger charge is -2.10. The summed E-state index contributed by atoms with van der Waals surface area (Å²) in [5.41, 5.74) is 0.437. The summed E-state index contributed by atoms with van der Waals surface area (Å²) in [5, 5.41) is 0. The predicted octanol–water partition coefficient (Wildman–Crippen LogP) is 1.96. The Balaban J connectivity index is 3.05. The van der Waals surface area contributed by atoms with E-state index in [2.05, 4.69) is 6.58 Å². The van der Waals surface area contributed by atoms with Gasteiger partial charge < -0.3 is 9.47 Å². The molecule has 0 spiro atoms. The Morgan fingerprint density at radius 2 is 2.38 bits per heavy atom. The first-order valence-corrected chi connectivity index (χ1v) is 5.31. The van der Waals surface area contributed by atoms with Crippen molar-refractivity contribution < 1.29 is 19.1 Å². The smallest absolute Gasteiger partial charge is 0.338 e. The molecule has 88 valence electrons. The van der Waals surface area contributed by atoms with Gasteiger partial charge in [-0.2, -0.15) is 0 Å². The molecule has 0 N–H and O–H groups in total. The lowest BCUT2D eigenvalue weighted by atomic mass is 9.99. The minimum Gasteiger partial charge on any atom is -0.461 e. The molecule has 0 aromatic heterocycles. The van der Waals surface area contributed by atoms with Crippen LogP contribution in [0.15, 0.2) is 24.0 Å². The monoisotopic (exact) mass is 224 g/mol. The molecule has 0 aromatic rings. The van der Waals surface area contributed by atoms with Crippen LogP contribution in [0.4, 0.5) is 0 Å². The zero-order valence-electron chi connectivity index (χ0n) is 9.62. The molecule has 1 fully saturated rings. The summed E-state index contributed by atoms with van der Waals surface area (Å²) in [7, 11) is 0. The molecule has 0 aromatic carbocycles. The minimum atomic E-state index is -0.418. The van der Waals surface area contributed by atoms with Crippen LogP contribution in [0.1, 0.15) is 26.7 Å². The van der Waals surface area contributed by atoms with Crippen molar-refractivity contribution in [3.8, 4) is 0 Å². The summed E-state index contributed by atoms with van der Waals surface area (Å²) in [6.45, 7) is 7.20. The quantitative estimate of drug-likeness (QED) is 0.317. The van der Waals surface area contributed by atoms with Gasteiger partial charge in [0.1, 0.15) is 12.4 Å². The number of ether oxygens (including phenoxy) is 2. The number of carbonyl (C=O) groups excluding carboxylic acids is 2. The molecule has 0 radical (unpaired) electrons. The van der Waals surface area contributed by atoms with Gasteiger partial charge in [0.15, 0.2) is 0 Å². The van der Waals surface area contributed by atoms with Gasteiger partial charge in [-0.15, -0.1) is 6.58 Å². The van der Waals surface area contributed by atoms with Crippen molar-refractivity contribution in [2.75, 3.05) is 6.61 Å². The Hall–Kier alpha value is -1.58. The number of rotatable bonds is 4. The zero-order chi connectivity index (χ0) is 12.1. The second kappa shape index (κ2) is 5.49. The van der Waals surface area contributed by atoms with Gasteiger partial charge in [0.25, 0.3) is 0 Å². The van der Waals surface area contributed by atoms with Gasteiger partial charge in [-0.1, -0.05) is 13.0 Å². The van der Waals surface area contributed by atoms with E-state index < -0.39 is 11.9 Å². The SMILES string of the molecule is C=CC1COC(=O)/C1=C(/CCC)OC(C)=O. The van der Waals surface area contributed by atoms with Crippen molar-refractivity contribution in [1.29, 1.82) is 0 Å². The van der Waals surface area contributed by atoms with Gasteiger partial charge >= 0.3 is 11.9 Å². The molecule has 0 bridgehead atoms. The third kappa shape index (κ3) is 2.72. The highest BCUT2D eigenvalue weighted by Crippen LogP contribution is 2.28. The third-order valence-electron chi connectivity index (χ3n) is 2.31. The standard InChI is InChI=1S/C12H16O4/c1-4-6-10(16-8(3)13)11-9(5-2)7-15-12(11)14/h5,9H,2,4,6-7H2,1,3H3/b11-10-. The number of esters is 2. The van der Waals surface area contributed by atoms with E-state index >= 15 is 0 Å². The van der Waals surface area contributed by atoms with Gasteiger partial charge in [0, 0.05) is 19.3 Å². The maximum atomic E-state index is 11.5. The van der Waals surface area contributed by atoms with Crippen LogP contribution >= 0.6 is 0 Å². The maximum Gasteiger partial charge on any atom is 0.338 e. The Kier molecular flexibility index (Phi) is 4.28. The van der Waals surface area contributed by atoms with Crippen LogP contribution in [0, 0.1) is 5.92 Å². The summed E-state index contributed by atoms with van der Waals surface area (Å²) in [4.78, 5) is 22.5. The lowest BCUT2D eigenvalue weighted by molar-refractivity contribution is -0.137. The number of hydrogen-bond acceptors (Lipinski definition) is 4. The minimum absolute atomic E-state index is 0.173. The second-order valence-electron chi connectivity index (χ2n) is 3.62. The van der Waals surface area contributed by atoms with Crippen molar-refractivity contribution >= 4 is 11.9 Å². The van der Waals surface area contributed by atoms with Gasteiger partial charge in [-0.25, -0.2) is 4.79 Å². The largest absolute Gasteiger partial charge is 0.461 e. The first-order chi connectivity index (χ1) is 7.60. The highest BCUT2D eigenvalue weighted by Gasteiger charge is 2.32. The molecule has 1 aliphatic heterocycles. The Bertz CT molecular complexity index is 341. The van der Waals surface area contributed by atoms with Crippen molar-refractivity contribution in [1.82, 2.24) is 0 Å². The average Bonchev–Trinajstić information content (AvgIpc) is 2.58. The van der Waals surface area contributed by atoms with E-state index in [1.165, 1.54) is 6.92 Å². The molecular weight excluding hydrogens is 208 g/mol. The fourth-order valence-corrected chi connectivity index (χ4v) is 1.63. The lowest BCUT2D eigenvalue weighted by Crippen LogP contribution is -2.10. The van der Waals surface area contributed by atoms with Crippen molar-refractivity contribution in [2.45, 2.75) is 26.7 Å². The number of cyclic esters (lactones) is 1. The molecule has 1 unspecified atom stereocenters. The van der Waals surface area contributed by atoms with E-state index in [4.69, 9.17) is 9.47 Å². The van der Waals surface area contributed by atoms with E-state index in [1.54, 1.807) is 6.08 Å². The van der Waals surface area contributed by atoms with Crippen molar-refractivity contribution in [3.05, 3.63) is 24.0 Å². The summed E-state index contributed by atoms with van der Waals surface area (Å²) in [6.07, 6.45) is 2.98. The maximum absolute atomic E-state index is 11.5. The van der Waals surface area contributed by atoms with Crippen LogP contribution in [0.2, 0.25) is 0 Å². The molecule has 0 aliphatic carbocycles. The molecular formula is C12H16O4. The van der Waals surface area contributed by atoms with Crippen LogP contribution in [-0.4, -0.2) is 18.5 Å². The third-order valence-corrected chi connectivity index (χ3v) is 2.31. The Morgan fingerprint density at radius 3 is 2.88 bits per heavy atom. The molecule has 1 atom stereocenters. The van der Waals surface area contributed by atoms with Gasteiger partial charge in [0.05, 0.1) is 5.57 Å². The Labute approximate surface area is 94.9 Å². The molecule has 0 saturated carbocycles. The fraction of sp³-hybridized carbons (Fsp3) is 0.500. The molecule has 1 saturated heterocycles. The first kappa shape index (κ1) is 12.5. The van der Waals surface area contributed by atoms with Crippen LogP contribution in [0.5, 0.6) is 0 Å². The normalized spacial score (nSPS) is 22.6. The van der Waals surface area contributed by atoms with Crippen LogP contribution < -0.4 is 0 Å². The van der Waals surface area contributed by atoms with Gasteiger partial charge in [-0.05, 0) is 6.42 Å². The number of hydrogen-bond donors (Lipinski definition) is 0. The molecule has 0 amide bonds. The van der Waals surface area contributed by atoms with Crippen LogP contribution in [0.25, 0.3) is 0 Å². The zero-order valence-corrected chi connectivity index (χ0v) is 9.62. The topological polar surface area (TPSA) is 52.6 Å². The highest BCUT2D eigenvalue weighted by molar-refractivity contribution is 5.92. The van der Waals surface area contributed by atoms with E-state index in [0.717, 1.165) is 6.42 Å². The van der Waals surface area contributed by atoms with Crippen LogP contribution in [0.3, 0.4) is 0 Å². The molecule has 1 heterocycles. The molecule has 4 nitrogen and oxygen atoms in total. The number of allylic oxidation sites excluding steroid dienone is 1. The predicted molar refractivity (Wildman–Crippen MR) is 58.3 cm³/mol. The van der Waals surface area contributed by atoms with Crippen molar-refractivity contribution in [3.63, 3.8) is 0 Å². The molecule has 1 rings (SSSR count). The van der Waals surface area contributed by atoms with Gasteiger partial charge in [-0.3, -0.25) is 4.79 Å². The van der Waals surface area contributed by atoms with E-state index in [0.29, 0.717) is 17.8 Å². The van der Waals surface area contributed by atoms with Crippen molar-refractivity contribution in [2.24, 2.45) is 5.92 Å². The van der Waals surface area contributed by atoms with Crippen LogP contribution in [-0.2, 0) is 19.1 Å². The highest BCUT2D eigenvalue weighted by atomic mass is 16.6. The number of carbonyl (C=O) groups is 2. The Morgan fingerprint density at radius 1 is 1.69 bits per heavy atom. The molecule has 1 aliphatic rings. The summed E-state index contributed by atoms with van der Waals surface area (Å²) in [5.74, 6) is -0.580. The summed E-state index contributed by atoms with van der Waals surface area (Å²) < 4.78 is 9.99. The summed E-state index contributed by atoms with van der Waals surface area (Å²) >= 11 is 0. The second-order valence-corrected chi connectivity index (χ2v) is 3.62. The fourth-order valence-electron chi connectivity index (χ4n) is 1.63. The molecule has 16 heavy (non-hydrogen) atoms. The average molecular weight is 224 g/mol. The first-order valence-electron chi connectivity index (χ1n) is 5.31. The summed E-state index contributed by atoms with van der Waals surface area (Å²) in [6, 6.07) is 0. The molecule has 4 heteroatoms.